The monoisotopic (exact) mass is 296 g/mol. The molecule has 20 heavy (non-hydrogen) atoms. The lowest BCUT2D eigenvalue weighted by atomic mass is 10.1. The average molecular weight is 296 g/mol. The largest absolute Gasteiger partial charge is 0.346 e. The van der Waals surface area contributed by atoms with Crippen LogP contribution in [0.2, 0.25) is 0 Å². The summed E-state index contributed by atoms with van der Waals surface area (Å²) in [5.41, 5.74) is 1.29. The second kappa shape index (κ2) is 6.87. The zero-order chi connectivity index (χ0) is 14.7. The zero-order valence-corrected chi connectivity index (χ0v) is 14.3. The molecule has 2 heterocycles. The van der Waals surface area contributed by atoms with E-state index in [4.69, 9.17) is 4.98 Å². The molecule has 0 spiro atoms. The fourth-order valence-corrected chi connectivity index (χ4v) is 4.15. The minimum atomic E-state index is 0.640. The van der Waals surface area contributed by atoms with E-state index in [1.165, 1.54) is 15.7 Å². The molecule has 1 aliphatic heterocycles. The van der Waals surface area contributed by atoms with Crippen molar-refractivity contribution in [1.82, 2.24) is 15.2 Å². The summed E-state index contributed by atoms with van der Waals surface area (Å²) in [4.78, 5) is 11.1. The molecule has 2 atom stereocenters. The minimum absolute atomic E-state index is 0.640. The summed E-state index contributed by atoms with van der Waals surface area (Å²) in [6, 6.07) is 0.640. The first kappa shape index (κ1) is 15.7. The van der Waals surface area contributed by atoms with Crippen LogP contribution in [0.5, 0.6) is 0 Å². The van der Waals surface area contributed by atoms with Gasteiger partial charge in [-0.15, -0.1) is 11.3 Å². The van der Waals surface area contributed by atoms with Gasteiger partial charge in [-0.3, -0.25) is 0 Å². The fraction of sp³-hybridized carbons (Fsp3) is 0.800. The van der Waals surface area contributed by atoms with Crippen LogP contribution in [0.1, 0.15) is 30.8 Å². The topological polar surface area (TPSA) is 31.4 Å². The van der Waals surface area contributed by atoms with E-state index in [9.17, 15) is 0 Å². The Morgan fingerprint density at radius 1 is 1.40 bits per heavy atom. The van der Waals surface area contributed by atoms with Crippen molar-refractivity contribution in [3.8, 4) is 0 Å². The predicted octanol–water partition coefficient (Wildman–Crippen LogP) is 2.20. The van der Waals surface area contributed by atoms with E-state index in [1.54, 1.807) is 0 Å². The van der Waals surface area contributed by atoms with Crippen LogP contribution in [0.25, 0.3) is 0 Å². The third-order valence-electron chi connectivity index (χ3n) is 4.10. The quantitative estimate of drug-likeness (QED) is 0.872. The number of likely N-dealkylation sites (N-methyl/N-ethyl adjacent to an activating group) is 1. The summed E-state index contributed by atoms with van der Waals surface area (Å²) >= 11 is 1.87. The van der Waals surface area contributed by atoms with Crippen LogP contribution in [0.3, 0.4) is 0 Å². The Hall–Kier alpha value is -0.650. The molecular formula is C15H28N4S. The van der Waals surface area contributed by atoms with E-state index < -0.39 is 0 Å². The van der Waals surface area contributed by atoms with Gasteiger partial charge in [-0.05, 0) is 33.5 Å². The average Bonchev–Trinajstić information content (AvgIpc) is 2.95. The predicted molar refractivity (Wildman–Crippen MR) is 87.7 cm³/mol. The van der Waals surface area contributed by atoms with Gasteiger partial charge in [0.25, 0.3) is 0 Å². The molecule has 2 unspecified atom stereocenters. The van der Waals surface area contributed by atoms with Crippen molar-refractivity contribution in [2.45, 2.75) is 39.3 Å². The standard InChI is InChI=1S/C15H28N4S/c1-6-7-12-14(8-16-3)20-15(17-12)19-9-11(2)13(10-19)18(4)5/h11,13,16H,6-10H2,1-5H3. The summed E-state index contributed by atoms with van der Waals surface area (Å²) in [7, 11) is 6.37. The lowest BCUT2D eigenvalue weighted by Crippen LogP contribution is -2.34. The minimum Gasteiger partial charge on any atom is -0.346 e. The number of hydrogen-bond acceptors (Lipinski definition) is 5. The highest BCUT2D eigenvalue weighted by Crippen LogP contribution is 2.32. The molecule has 0 aromatic carbocycles. The Kier molecular flexibility index (Phi) is 5.41. The number of thiazole rings is 1. The van der Waals surface area contributed by atoms with E-state index >= 15 is 0 Å². The number of nitrogens with zero attached hydrogens (tertiary/aromatic N) is 3. The highest BCUT2D eigenvalue weighted by molar-refractivity contribution is 7.15. The first-order valence-corrected chi connectivity index (χ1v) is 8.43. The molecule has 1 saturated heterocycles. The zero-order valence-electron chi connectivity index (χ0n) is 13.4. The Bertz CT molecular complexity index is 406. The number of aromatic nitrogens is 1. The Morgan fingerprint density at radius 2 is 2.15 bits per heavy atom. The van der Waals surface area contributed by atoms with Crippen LogP contribution in [0.15, 0.2) is 0 Å². The third kappa shape index (κ3) is 3.32. The molecule has 4 nitrogen and oxygen atoms in total. The van der Waals surface area contributed by atoms with Crippen LogP contribution in [0, 0.1) is 5.92 Å². The summed E-state index contributed by atoms with van der Waals surface area (Å²) in [6.45, 7) is 7.74. The highest BCUT2D eigenvalue weighted by atomic mass is 32.1. The molecule has 0 amide bonds. The number of anilines is 1. The Labute approximate surface area is 127 Å². The smallest absolute Gasteiger partial charge is 0.185 e. The van der Waals surface area contributed by atoms with Crippen LogP contribution in [-0.4, -0.2) is 50.2 Å². The van der Waals surface area contributed by atoms with Crippen molar-refractivity contribution in [3.63, 3.8) is 0 Å². The number of hydrogen-bond donors (Lipinski definition) is 1. The van der Waals surface area contributed by atoms with E-state index in [0.29, 0.717) is 12.0 Å². The molecule has 1 N–H and O–H groups in total. The lowest BCUT2D eigenvalue weighted by Gasteiger charge is -2.22. The van der Waals surface area contributed by atoms with E-state index in [2.05, 4.69) is 43.1 Å². The molecule has 0 aliphatic carbocycles. The lowest BCUT2D eigenvalue weighted by molar-refractivity contribution is 0.266. The molecule has 2 rings (SSSR count). The number of aryl methyl sites for hydroxylation is 1. The summed E-state index contributed by atoms with van der Waals surface area (Å²) in [5, 5.41) is 4.48. The second-order valence-electron chi connectivity index (χ2n) is 6.06. The van der Waals surface area contributed by atoms with Crippen molar-refractivity contribution in [1.29, 1.82) is 0 Å². The summed E-state index contributed by atoms with van der Waals surface area (Å²) in [6.07, 6.45) is 2.25. The van der Waals surface area contributed by atoms with Gasteiger partial charge in [0.05, 0.1) is 5.69 Å². The van der Waals surface area contributed by atoms with Crippen molar-refractivity contribution in [2.75, 3.05) is 39.1 Å². The molecule has 0 bridgehead atoms. The van der Waals surface area contributed by atoms with Gasteiger partial charge in [-0.2, -0.15) is 0 Å². The summed E-state index contributed by atoms with van der Waals surface area (Å²) < 4.78 is 0. The molecule has 1 aromatic heterocycles. The first-order valence-electron chi connectivity index (χ1n) is 7.61. The van der Waals surface area contributed by atoms with Crippen molar-refractivity contribution >= 4 is 16.5 Å². The van der Waals surface area contributed by atoms with Gasteiger partial charge in [0.1, 0.15) is 0 Å². The Balaban J connectivity index is 2.15. The van der Waals surface area contributed by atoms with Gasteiger partial charge < -0.3 is 15.1 Å². The maximum atomic E-state index is 4.91. The normalized spacial score (nSPS) is 23.0. The van der Waals surface area contributed by atoms with Crippen molar-refractivity contribution < 1.29 is 0 Å². The fourth-order valence-electron chi connectivity index (χ4n) is 3.01. The molecule has 0 saturated carbocycles. The van der Waals surface area contributed by atoms with Crippen LogP contribution < -0.4 is 10.2 Å². The SMILES string of the molecule is CCCc1nc(N2CC(C)C(N(C)C)C2)sc1CNC. The van der Waals surface area contributed by atoms with Crippen LogP contribution >= 0.6 is 11.3 Å². The van der Waals surface area contributed by atoms with Gasteiger partial charge in [0.15, 0.2) is 5.13 Å². The number of rotatable bonds is 6. The van der Waals surface area contributed by atoms with Crippen molar-refractivity contribution in [3.05, 3.63) is 10.6 Å². The molecule has 114 valence electrons. The van der Waals surface area contributed by atoms with E-state index in [1.807, 2.05) is 18.4 Å². The van der Waals surface area contributed by atoms with Crippen LogP contribution in [-0.2, 0) is 13.0 Å². The summed E-state index contributed by atoms with van der Waals surface area (Å²) in [5.74, 6) is 0.705. The molecule has 0 radical (unpaired) electrons. The number of nitrogens with one attached hydrogen (secondary N) is 1. The maximum Gasteiger partial charge on any atom is 0.185 e. The molecule has 1 aliphatic rings. The molecule has 1 fully saturated rings. The van der Waals surface area contributed by atoms with Crippen molar-refractivity contribution in [2.24, 2.45) is 5.92 Å². The second-order valence-corrected chi connectivity index (χ2v) is 7.12. The van der Waals surface area contributed by atoms with Crippen LogP contribution in [0.4, 0.5) is 5.13 Å². The van der Waals surface area contributed by atoms with Gasteiger partial charge in [0.2, 0.25) is 0 Å². The van der Waals surface area contributed by atoms with Gasteiger partial charge in [0, 0.05) is 30.6 Å². The molecule has 5 heteroatoms. The highest BCUT2D eigenvalue weighted by Gasteiger charge is 2.32. The van der Waals surface area contributed by atoms with E-state index in [0.717, 1.165) is 32.5 Å². The van der Waals surface area contributed by atoms with Gasteiger partial charge >= 0.3 is 0 Å². The molecular weight excluding hydrogens is 268 g/mol. The maximum absolute atomic E-state index is 4.91. The molecule has 1 aromatic rings. The van der Waals surface area contributed by atoms with Gasteiger partial charge in [-0.25, -0.2) is 4.98 Å². The van der Waals surface area contributed by atoms with E-state index in [-0.39, 0.29) is 0 Å². The Morgan fingerprint density at radius 3 is 2.70 bits per heavy atom. The van der Waals surface area contributed by atoms with Gasteiger partial charge in [-0.1, -0.05) is 20.3 Å². The third-order valence-corrected chi connectivity index (χ3v) is 5.26. The first-order chi connectivity index (χ1) is 9.56.